The van der Waals surface area contributed by atoms with Gasteiger partial charge in [-0.15, -0.1) is 0 Å². The lowest BCUT2D eigenvalue weighted by atomic mass is 10.2. The Labute approximate surface area is 123 Å². The van der Waals surface area contributed by atoms with Crippen molar-refractivity contribution in [2.75, 3.05) is 6.54 Å². The molecule has 0 bridgehead atoms. The summed E-state index contributed by atoms with van der Waals surface area (Å²) in [6.45, 7) is 3.36. The third-order valence-electron chi connectivity index (χ3n) is 3.07. The van der Waals surface area contributed by atoms with Gasteiger partial charge < -0.3 is 5.32 Å². The molecular formula is C16H18FN3O. The minimum atomic E-state index is -0.287. The van der Waals surface area contributed by atoms with Crippen LogP contribution in [0.25, 0.3) is 6.08 Å². The predicted molar refractivity (Wildman–Crippen MR) is 80.0 cm³/mol. The van der Waals surface area contributed by atoms with E-state index in [1.54, 1.807) is 24.4 Å². The molecule has 21 heavy (non-hydrogen) atoms. The Morgan fingerprint density at radius 1 is 1.33 bits per heavy atom. The van der Waals surface area contributed by atoms with Crippen LogP contribution in [-0.4, -0.2) is 22.2 Å². The zero-order chi connectivity index (χ0) is 15.1. The van der Waals surface area contributed by atoms with Gasteiger partial charge in [0.25, 0.3) is 0 Å². The molecule has 0 aliphatic heterocycles. The number of hydrogen-bond donors (Lipinski definition) is 1. The van der Waals surface area contributed by atoms with Gasteiger partial charge in [-0.25, -0.2) is 4.39 Å². The second-order valence-electron chi connectivity index (χ2n) is 4.73. The highest BCUT2D eigenvalue weighted by molar-refractivity contribution is 5.91. The van der Waals surface area contributed by atoms with Crippen LogP contribution in [-0.2, 0) is 11.3 Å². The SMILES string of the molecule is Cc1ccnn1CCCNC(=O)/C=C/c1ccc(F)cc1. The second-order valence-corrected chi connectivity index (χ2v) is 4.73. The van der Waals surface area contributed by atoms with E-state index in [0.29, 0.717) is 6.54 Å². The molecule has 5 heteroatoms. The molecular weight excluding hydrogens is 269 g/mol. The third kappa shape index (κ3) is 4.87. The lowest BCUT2D eigenvalue weighted by molar-refractivity contribution is -0.116. The Bertz CT molecular complexity index is 617. The van der Waals surface area contributed by atoms with Crippen molar-refractivity contribution in [3.05, 3.63) is 59.7 Å². The summed E-state index contributed by atoms with van der Waals surface area (Å²) in [5.74, 6) is -0.443. The Balaban J connectivity index is 1.70. The van der Waals surface area contributed by atoms with Crippen LogP contribution in [0.2, 0.25) is 0 Å². The number of hydrogen-bond acceptors (Lipinski definition) is 2. The molecule has 2 rings (SSSR count). The highest BCUT2D eigenvalue weighted by atomic mass is 19.1. The van der Waals surface area contributed by atoms with E-state index in [1.807, 2.05) is 17.7 Å². The number of rotatable bonds is 6. The molecule has 0 saturated carbocycles. The van der Waals surface area contributed by atoms with Crippen molar-refractivity contribution in [1.29, 1.82) is 0 Å². The van der Waals surface area contributed by atoms with Crippen LogP contribution in [0.3, 0.4) is 0 Å². The van der Waals surface area contributed by atoms with E-state index in [-0.39, 0.29) is 11.7 Å². The molecule has 1 amide bonds. The molecule has 1 aromatic heterocycles. The molecule has 0 aliphatic carbocycles. The van der Waals surface area contributed by atoms with Crippen molar-refractivity contribution >= 4 is 12.0 Å². The molecule has 1 heterocycles. The lowest BCUT2D eigenvalue weighted by Crippen LogP contribution is -2.23. The minimum Gasteiger partial charge on any atom is -0.352 e. The Morgan fingerprint density at radius 3 is 2.76 bits per heavy atom. The first-order chi connectivity index (χ1) is 10.1. The molecule has 0 fully saturated rings. The van der Waals surface area contributed by atoms with Gasteiger partial charge in [0.15, 0.2) is 0 Å². The number of benzene rings is 1. The Morgan fingerprint density at radius 2 is 2.10 bits per heavy atom. The molecule has 2 aromatic rings. The molecule has 0 aliphatic rings. The van der Waals surface area contributed by atoms with Crippen molar-refractivity contribution in [2.24, 2.45) is 0 Å². The number of nitrogens with one attached hydrogen (secondary N) is 1. The average molecular weight is 287 g/mol. The summed E-state index contributed by atoms with van der Waals surface area (Å²) in [7, 11) is 0. The first-order valence-corrected chi connectivity index (χ1v) is 6.85. The van der Waals surface area contributed by atoms with E-state index in [2.05, 4.69) is 10.4 Å². The second kappa shape index (κ2) is 7.38. The van der Waals surface area contributed by atoms with Gasteiger partial charge in [0.2, 0.25) is 5.91 Å². The van der Waals surface area contributed by atoms with Crippen LogP contribution in [0.15, 0.2) is 42.6 Å². The van der Waals surface area contributed by atoms with Crippen molar-refractivity contribution in [3.8, 4) is 0 Å². The fourth-order valence-corrected chi connectivity index (χ4v) is 1.88. The van der Waals surface area contributed by atoms with Gasteiger partial charge >= 0.3 is 0 Å². The van der Waals surface area contributed by atoms with E-state index in [4.69, 9.17) is 0 Å². The van der Waals surface area contributed by atoms with Crippen LogP contribution in [0, 0.1) is 12.7 Å². The summed E-state index contributed by atoms with van der Waals surface area (Å²) < 4.78 is 14.6. The molecule has 0 saturated heterocycles. The molecule has 0 atom stereocenters. The number of aromatic nitrogens is 2. The molecule has 0 unspecified atom stereocenters. The zero-order valence-corrected chi connectivity index (χ0v) is 11.9. The average Bonchev–Trinajstić information content (AvgIpc) is 2.88. The number of aryl methyl sites for hydroxylation is 2. The van der Waals surface area contributed by atoms with Crippen LogP contribution >= 0.6 is 0 Å². The molecule has 1 N–H and O–H groups in total. The zero-order valence-electron chi connectivity index (χ0n) is 11.9. The largest absolute Gasteiger partial charge is 0.352 e. The monoisotopic (exact) mass is 287 g/mol. The Kier molecular flexibility index (Phi) is 5.26. The van der Waals surface area contributed by atoms with Gasteiger partial charge in [0, 0.05) is 31.1 Å². The quantitative estimate of drug-likeness (QED) is 0.655. The van der Waals surface area contributed by atoms with Crippen molar-refractivity contribution in [2.45, 2.75) is 19.9 Å². The normalized spacial score (nSPS) is 11.0. The van der Waals surface area contributed by atoms with Crippen LogP contribution in [0.5, 0.6) is 0 Å². The van der Waals surface area contributed by atoms with Gasteiger partial charge in [-0.3, -0.25) is 9.48 Å². The smallest absolute Gasteiger partial charge is 0.244 e. The number of halogens is 1. The van der Waals surface area contributed by atoms with Crippen LogP contribution < -0.4 is 5.32 Å². The van der Waals surface area contributed by atoms with Gasteiger partial charge in [-0.1, -0.05) is 12.1 Å². The summed E-state index contributed by atoms with van der Waals surface area (Å²) in [6.07, 6.45) is 5.69. The maximum Gasteiger partial charge on any atom is 0.244 e. The van der Waals surface area contributed by atoms with Crippen LogP contribution in [0.1, 0.15) is 17.7 Å². The minimum absolute atomic E-state index is 0.156. The van der Waals surface area contributed by atoms with E-state index in [1.165, 1.54) is 18.2 Å². The Hall–Kier alpha value is -2.43. The van der Waals surface area contributed by atoms with E-state index < -0.39 is 0 Å². The van der Waals surface area contributed by atoms with E-state index >= 15 is 0 Å². The maximum absolute atomic E-state index is 12.7. The standard InChI is InChI=1S/C16H18FN3O/c1-13-9-11-19-20(13)12-2-10-18-16(21)8-5-14-3-6-15(17)7-4-14/h3-9,11H,2,10,12H2,1H3,(H,18,21)/b8-5+. The number of carbonyl (C=O) groups is 1. The molecule has 110 valence electrons. The van der Waals surface area contributed by atoms with E-state index in [9.17, 15) is 9.18 Å². The molecule has 0 spiro atoms. The highest BCUT2D eigenvalue weighted by Gasteiger charge is 1.98. The fourth-order valence-electron chi connectivity index (χ4n) is 1.88. The summed E-state index contributed by atoms with van der Waals surface area (Å²) in [4.78, 5) is 11.6. The molecule has 1 aromatic carbocycles. The van der Waals surface area contributed by atoms with Gasteiger partial charge in [-0.05, 0) is 43.2 Å². The number of amides is 1. The highest BCUT2D eigenvalue weighted by Crippen LogP contribution is 2.04. The van der Waals surface area contributed by atoms with Crippen molar-refractivity contribution in [3.63, 3.8) is 0 Å². The van der Waals surface area contributed by atoms with E-state index in [0.717, 1.165) is 24.2 Å². The topological polar surface area (TPSA) is 46.9 Å². The number of nitrogens with zero attached hydrogens (tertiary/aromatic N) is 2. The van der Waals surface area contributed by atoms with Crippen molar-refractivity contribution in [1.82, 2.24) is 15.1 Å². The molecule has 0 radical (unpaired) electrons. The third-order valence-corrected chi connectivity index (χ3v) is 3.07. The first kappa shape index (κ1) is 15.0. The number of carbonyl (C=O) groups excluding carboxylic acids is 1. The summed E-state index contributed by atoms with van der Waals surface area (Å²) in [5.41, 5.74) is 1.90. The van der Waals surface area contributed by atoms with Gasteiger partial charge in [0.1, 0.15) is 5.82 Å². The molecule has 4 nitrogen and oxygen atoms in total. The van der Waals surface area contributed by atoms with Crippen molar-refractivity contribution < 1.29 is 9.18 Å². The summed E-state index contributed by atoms with van der Waals surface area (Å²) in [6, 6.07) is 7.93. The first-order valence-electron chi connectivity index (χ1n) is 6.85. The fraction of sp³-hybridized carbons (Fsp3) is 0.250. The summed E-state index contributed by atoms with van der Waals surface area (Å²) in [5, 5.41) is 6.98. The maximum atomic E-state index is 12.7. The predicted octanol–water partition coefficient (Wildman–Crippen LogP) is 2.55. The summed E-state index contributed by atoms with van der Waals surface area (Å²) >= 11 is 0. The van der Waals surface area contributed by atoms with Crippen LogP contribution in [0.4, 0.5) is 4.39 Å². The van der Waals surface area contributed by atoms with Gasteiger partial charge in [-0.2, -0.15) is 5.10 Å². The van der Waals surface area contributed by atoms with Gasteiger partial charge in [0.05, 0.1) is 0 Å². The lowest BCUT2D eigenvalue weighted by Gasteiger charge is -2.04.